The molecule has 0 aliphatic carbocycles. The number of halogens is 1. The van der Waals surface area contributed by atoms with Gasteiger partial charge in [-0.2, -0.15) is 0 Å². The highest BCUT2D eigenvalue weighted by molar-refractivity contribution is 7.15. The van der Waals surface area contributed by atoms with E-state index in [4.69, 9.17) is 14.2 Å². The van der Waals surface area contributed by atoms with E-state index in [-0.39, 0.29) is 33.8 Å². The van der Waals surface area contributed by atoms with Gasteiger partial charge in [0, 0.05) is 23.6 Å². The van der Waals surface area contributed by atoms with E-state index in [9.17, 15) is 19.3 Å². The van der Waals surface area contributed by atoms with E-state index < -0.39 is 16.5 Å². The second-order valence-electron chi connectivity index (χ2n) is 6.19. The topological polar surface area (TPSA) is 113 Å². The fraction of sp³-hybridized carbons (Fsp3) is 0.200. The molecule has 0 bridgehead atoms. The van der Waals surface area contributed by atoms with E-state index in [1.165, 1.54) is 50.9 Å². The lowest BCUT2D eigenvalue weighted by molar-refractivity contribution is -0.386. The molecule has 3 aromatic rings. The number of nitrogens with one attached hydrogen (secondary N) is 1. The summed E-state index contributed by atoms with van der Waals surface area (Å²) in [5.74, 6) is -1.20. The van der Waals surface area contributed by atoms with Gasteiger partial charge in [0.2, 0.25) is 11.5 Å². The zero-order valence-electron chi connectivity index (χ0n) is 16.8. The van der Waals surface area contributed by atoms with Gasteiger partial charge in [0.15, 0.2) is 10.9 Å². The molecule has 3 rings (SSSR count). The number of aromatic nitrogens is 1. The van der Waals surface area contributed by atoms with Crippen LogP contribution >= 0.6 is 11.3 Å². The lowest BCUT2D eigenvalue weighted by Gasteiger charge is -2.14. The molecule has 0 radical (unpaired) electrons. The summed E-state index contributed by atoms with van der Waals surface area (Å²) in [5, 5.41) is 14.5. The summed E-state index contributed by atoms with van der Waals surface area (Å²) in [6.07, 6.45) is 2.07. The summed E-state index contributed by atoms with van der Waals surface area (Å²) in [6.45, 7) is 0. The number of methoxy groups -OCH3 is 3. The molecular weight excluding hydrogens is 429 g/mol. The van der Waals surface area contributed by atoms with Crippen molar-refractivity contribution in [3.05, 3.63) is 68.5 Å². The van der Waals surface area contributed by atoms with Crippen molar-refractivity contribution in [2.75, 3.05) is 26.6 Å². The van der Waals surface area contributed by atoms with Crippen LogP contribution in [0, 0.1) is 15.9 Å². The average molecular weight is 447 g/mol. The van der Waals surface area contributed by atoms with E-state index >= 15 is 0 Å². The number of anilines is 1. The Hall–Kier alpha value is -3.73. The average Bonchev–Trinajstić information content (AvgIpc) is 3.19. The SMILES string of the molecule is COc1cc(C(=O)Nc2ncc(Cc3ccc(F)cc3)s2)c([N+](=O)[O-])c(OC)c1OC. The molecule has 31 heavy (non-hydrogen) atoms. The Kier molecular flexibility index (Phi) is 6.65. The predicted octanol–water partition coefficient (Wildman–Crippen LogP) is 4.06. The molecule has 0 fully saturated rings. The molecule has 0 saturated heterocycles. The van der Waals surface area contributed by atoms with Crippen LogP contribution in [0.3, 0.4) is 0 Å². The van der Waals surface area contributed by atoms with Gasteiger partial charge in [-0.25, -0.2) is 9.37 Å². The van der Waals surface area contributed by atoms with E-state index in [2.05, 4.69) is 10.3 Å². The van der Waals surface area contributed by atoms with E-state index in [0.717, 1.165) is 10.4 Å². The third-order valence-electron chi connectivity index (χ3n) is 4.30. The second kappa shape index (κ2) is 9.39. The van der Waals surface area contributed by atoms with Crippen molar-refractivity contribution in [2.45, 2.75) is 6.42 Å². The third kappa shape index (κ3) is 4.72. The van der Waals surface area contributed by atoms with Gasteiger partial charge in [0.1, 0.15) is 11.4 Å². The first-order chi connectivity index (χ1) is 14.9. The smallest absolute Gasteiger partial charge is 0.327 e. The number of amides is 1. The second-order valence-corrected chi connectivity index (χ2v) is 7.30. The van der Waals surface area contributed by atoms with E-state index in [1.807, 2.05) is 0 Å². The van der Waals surface area contributed by atoms with Crippen LogP contribution in [-0.4, -0.2) is 37.1 Å². The number of carbonyl (C=O) groups is 1. The van der Waals surface area contributed by atoms with E-state index in [0.29, 0.717) is 6.42 Å². The molecule has 2 aromatic carbocycles. The van der Waals surface area contributed by atoms with Crippen molar-refractivity contribution in [2.24, 2.45) is 0 Å². The van der Waals surface area contributed by atoms with E-state index in [1.54, 1.807) is 18.3 Å². The zero-order valence-corrected chi connectivity index (χ0v) is 17.6. The zero-order chi connectivity index (χ0) is 22.5. The highest BCUT2D eigenvalue weighted by Crippen LogP contribution is 2.46. The monoisotopic (exact) mass is 447 g/mol. The summed E-state index contributed by atoms with van der Waals surface area (Å²) in [7, 11) is 3.88. The minimum Gasteiger partial charge on any atom is -0.493 e. The van der Waals surface area contributed by atoms with Crippen molar-refractivity contribution < 1.29 is 28.3 Å². The Morgan fingerprint density at radius 3 is 2.42 bits per heavy atom. The van der Waals surface area contributed by atoms with Crippen LogP contribution in [0.25, 0.3) is 0 Å². The Bertz CT molecular complexity index is 1120. The quantitative estimate of drug-likeness (QED) is 0.409. The van der Waals surface area contributed by atoms with Crippen molar-refractivity contribution in [3.8, 4) is 17.2 Å². The number of nitrogens with zero attached hydrogens (tertiary/aromatic N) is 2. The van der Waals surface area contributed by atoms with Crippen LogP contribution in [0.1, 0.15) is 20.8 Å². The Labute approximate surface area is 180 Å². The fourth-order valence-electron chi connectivity index (χ4n) is 2.91. The molecule has 1 amide bonds. The van der Waals surface area contributed by atoms with Crippen molar-refractivity contribution in [1.82, 2.24) is 4.98 Å². The van der Waals surface area contributed by atoms with Crippen LogP contribution in [-0.2, 0) is 6.42 Å². The van der Waals surface area contributed by atoms with Gasteiger partial charge >= 0.3 is 5.69 Å². The Morgan fingerprint density at radius 2 is 1.84 bits per heavy atom. The first-order valence-electron chi connectivity index (χ1n) is 8.85. The third-order valence-corrected chi connectivity index (χ3v) is 5.21. The summed E-state index contributed by atoms with van der Waals surface area (Å²) < 4.78 is 28.5. The van der Waals surface area contributed by atoms with Crippen molar-refractivity contribution in [1.29, 1.82) is 0 Å². The minimum absolute atomic E-state index is 0.00378. The molecule has 0 unspecified atom stereocenters. The predicted molar refractivity (Wildman–Crippen MR) is 112 cm³/mol. The molecular formula is C20H18FN3O6S. The van der Waals surface area contributed by atoms with Gasteiger partial charge in [-0.05, 0) is 17.7 Å². The normalized spacial score (nSPS) is 10.5. The number of thiazole rings is 1. The number of nitro benzene ring substituents is 1. The number of benzene rings is 2. The highest BCUT2D eigenvalue weighted by atomic mass is 32.1. The van der Waals surface area contributed by atoms with Crippen LogP contribution < -0.4 is 19.5 Å². The molecule has 0 atom stereocenters. The molecule has 11 heteroatoms. The van der Waals surface area contributed by atoms with Crippen LogP contribution in [0.2, 0.25) is 0 Å². The molecule has 0 aliphatic rings. The molecule has 162 valence electrons. The van der Waals surface area contributed by atoms with Crippen molar-refractivity contribution in [3.63, 3.8) is 0 Å². The highest BCUT2D eigenvalue weighted by Gasteiger charge is 2.32. The number of hydrogen-bond donors (Lipinski definition) is 1. The molecule has 0 aliphatic heterocycles. The molecule has 1 aromatic heterocycles. The minimum atomic E-state index is -0.756. The molecule has 1 N–H and O–H groups in total. The van der Waals surface area contributed by atoms with Crippen LogP contribution in [0.4, 0.5) is 15.2 Å². The van der Waals surface area contributed by atoms with Crippen molar-refractivity contribution >= 4 is 28.1 Å². The summed E-state index contributed by atoms with van der Waals surface area (Å²) >= 11 is 1.20. The maximum atomic E-state index is 13.0. The van der Waals surface area contributed by atoms with Gasteiger partial charge in [0.25, 0.3) is 5.91 Å². The largest absolute Gasteiger partial charge is 0.493 e. The van der Waals surface area contributed by atoms with Crippen LogP contribution in [0.15, 0.2) is 36.5 Å². The van der Waals surface area contributed by atoms with Crippen LogP contribution in [0.5, 0.6) is 17.2 Å². The standard InChI is InChI=1S/C20H18FN3O6S/c1-28-15-9-14(16(24(26)27)18(30-3)17(15)29-2)19(25)23-20-22-10-13(31-20)8-11-4-6-12(21)7-5-11/h4-7,9-10H,8H2,1-3H3,(H,22,23,25). The number of rotatable bonds is 8. The Balaban J connectivity index is 1.89. The van der Waals surface area contributed by atoms with Gasteiger partial charge in [-0.1, -0.05) is 12.1 Å². The molecule has 0 saturated carbocycles. The van der Waals surface area contributed by atoms with Gasteiger partial charge in [-0.3, -0.25) is 20.2 Å². The lowest BCUT2D eigenvalue weighted by atomic mass is 10.1. The van der Waals surface area contributed by atoms with Gasteiger partial charge in [0.05, 0.1) is 26.3 Å². The summed E-state index contributed by atoms with van der Waals surface area (Å²) in [6, 6.07) is 7.26. The molecule has 9 nitrogen and oxygen atoms in total. The number of nitro groups is 1. The first kappa shape index (κ1) is 22.0. The molecule has 0 spiro atoms. The maximum Gasteiger partial charge on any atom is 0.327 e. The number of ether oxygens (including phenoxy) is 3. The van der Waals surface area contributed by atoms with Gasteiger partial charge in [-0.15, -0.1) is 11.3 Å². The fourth-order valence-corrected chi connectivity index (χ4v) is 3.75. The Morgan fingerprint density at radius 1 is 1.16 bits per heavy atom. The maximum absolute atomic E-state index is 13.0. The summed E-state index contributed by atoms with van der Waals surface area (Å²) in [4.78, 5) is 28.7. The van der Waals surface area contributed by atoms with Gasteiger partial charge < -0.3 is 14.2 Å². The number of carbonyl (C=O) groups excluding carboxylic acids is 1. The lowest BCUT2D eigenvalue weighted by Crippen LogP contribution is -2.15. The summed E-state index contributed by atoms with van der Waals surface area (Å²) in [5.41, 5.74) is 0.0544. The first-order valence-corrected chi connectivity index (χ1v) is 9.67. The molecule has 1 heterocycles. The number of hydrogen-bond acceptors (Lipinski definition) is 8.